The third kappa shape index (κ3) is 39.4. The molecule has 0 aromatic carbocycles. The Bertz CT molecular complexity index is 2500. The number of amides is 10. The molecular formula is C69H122N10O29S. The van der Waals surface area contributed by atoms with Gasteiger partial charge in [-0.05, 0) is 78.1 Å². The van der Waals surface area contributed by atoms with Crippen LogP contribution >= 0.6 is 12.6 Å². The van der Waals surface area contributed by atoms with Crippen molar-refractivity contribution in [1.82, 2.24) is 53.2 Å². The van der Waals surface area contributed by atoms with Gasteiger partial charge in [0.1, 0.15) is 84.4 Å². The Morgan fingerprint density at radius 3 is 0.872 bits per heavy atom. The van der Waals surface area contributed by atoms with Crippen LogP contribution in [0.5, 0.6) is 0 Å². The van der Waals surface area contributed by atoms with E-state index in [1.54, 1.807) is 13.8 Å². The van der Waals surface area contributed by atoms with E-state index in [4.69, 9.17) is 42.6 Å². The highest BCUT2D eigenvalue weighted by atomic mass is 32.1. The van der Waals surface area contributed by atoms with Crippen molar-refractivity contribution in [2.75, 3.05) is 119 Å². The highest BCUT2D eigenvalue weighted by molar-refractivity contribution is 7.82. The number of carbonyl (C=O) groups is 11. The zero-order valence-electron chi connectivity index (χ0n) is 63.3. The molecule has 3 aliphatic heterocycles. The van der Waals surface area contributed by atoms with Crippen molar-refractivity contribution in [1.29, 1.82) is 0 Å². The van der Waals surface area contributed by atoms with Crippen molar-refractivity contribution < 1.29 is 141 Å². The molecule has 0 aromatic rings. The summed E-state index contributed by atoms with van der Waals surface area (Å²) in [6, 6.07) is -3.29. The zero-order valence-corrected chi connectivity index (χ0v) is 64.1. The summed E-state index contributed by atoms with van der Waals surface area (Å²) < 4.78 is 50.9. The first kappa shape index (κ1) is 97.2. The van der Waals surface area contributed by atoms with Crippen LogP contribution in [-0.2, 0) is 95.4 Å². The second-order valence-electron chi connectivity index (χ2n) is 27.5. The fraction of sp³-hybridized carbons (Fsp3) is 0.841. The van der Waals surface area contributed by atoms with E-state index in [1.165, 1.54) is 20.8 Å². The number of aliphatic hydroxyl groups excluding tert-OH is 9. The molecule has 40 heteroatoms. The first-order chi connectivity index (χ1) is 51.8. The number of nitrogens with one attached hydrogen (secondary N) is 10. The molecular weight excluding hydrogens is 1460 g/mol. The van der Waals surface area contributed by atoms with Gasteiger partial charge in [0, 0.05) is 131 Å². The lowest BCUT2D eigenvalue weighted by Gasteiger charge is -2.42. The second kappa shape index (κ2) is 53.9. The molecule has 109 heavy (non-hydrogen) atoms. The Morgan fingerprint density at radius 1 is 0.349 bits per heavy atom. The fourth-order valence-corrected chi connectivity index (χ4v) is 11.5. The normalized spacial score (nSPS) is 24.6. The SMILES string of the molecule is CC(=O)NC1C(OCCCCC(=O)NCCCNC(=O)CCOCC(COCCC(=O)NCCCNC(=O)CCCCOC2OC(CO)C(O)C(O)C2NC(C)=O)(COCCC(=O)NCCCNC(=O)CCCCOC2OC(CO)C(O)C(O)C2NC(C)=O)NC(=O)CCCC(=O)C(C)(C)S)OC(CO)C(O)C1O. The number of thiol groups is 1. The number of hydrogen-bond donors (Lipinski definition) is 20. The van der Waals surface area contributed by atoms with Gasteiger partial charge in [-0.25, -0.2) is 0 Å². The number of carbonyl (C=O) groups excluding carboxylic acids is 11. The van der Waals surface area contributed by atoms with Crippen molar-refractivity contribution in [3.05, 3.63) is 0 Å². The molecule has 0 aromatic heterocycles. The Kier molecular flexibility index (Phi) is 48.0. The van der Waals surface area contributed by atoms with Crippen LogP contribution in [0.2, 0.25) is 0 Å². The van der Waals surface area contributed by atoms with Crippen LogP contribution in [0.15, 0.2) is 0 Å². The average molecular weight is 1590 g/mol. The lowest BCUT2D eigenvalue weighted by atomic mass is 9.97. The van der Waals surface area contributed by atoms with Crippen molar-refractivity contribution in [2.45, 2.75) is 252 Å². The number of rotatable bonds is 57. The molecule has 3 rings (SSSR count). The van der Waals surface area contributed by atoms with Gasteiger partial charge in [0.2, 0.25) is 59.1 Å². The molecule has 19 N–H and O–H groups in total. The van der Waals surface area contributed by atoms with Gasteiger partial charge in [-0.1, -0.05) is 0 Å². The van der Waals surface area contributed by atoms with Crippen molar-refractivity contribution in [3.8, 4) is 0 Å². The van der Waals surface area contributed by atoms with Gasteiger partial charge in [-0.2, -0.15) is 12.6 Å². The predicted molar refractivity (Wildman–Crippen MR) is 387 cm³/mol. The first-order valence-electron chi connectivity index (χ1n) is 37.3. The lowest BCUT2D eigenvalue weighted by molar-refractivity contribution is -0.270. The number of aliphatic hydroxyl groups is 9. The summed E-state index contributed by atoms with van der Waals surface area (Å²) in [5.74, 6) is -4.18. The van der Waals surface area contributed by atoms with Crippen molar-refractivity contribution in [2.24, 2.45) is 0 Å². The molecule has 10 amide bonds. The molecule has 0 radical (unpaired) electrons. The summed E-state index contributed by atoms with van der Waals surface area (Å²) in [5, 5.41) is 118. The monoisotopic (exact) mass is 1590 g/mol. The second-order valence-corrected chi connectivity index (χ2v) is 28.6. The van der Waals surface area contributed by atoms with E-state index in [9.17, 15) is 98.7 Å². The standard InChI is InChI=1S/C69H122N10O29S/c1-42(83)76-56-62(97)59(94)45(36-80)106-65(56)103-30-9-6-17-49(87)70-24-13-27-73-52(90)21-33-100-39-69(79-55(93)20-12-16-48(86)68(4,5)109,40-101-34-22-53(91)74-28-14-25-71-50(88)18-7-10-31-104-66-57(77-43(2)84)63(98)60(95)46(37-81)107-66)41-102-35-23-54(92)75-29-15-26-72-51(89)19-8-11-32-105-67-58(78-44(3)85)64(99)61(96)47(38-82)108-67/h45-47,56-67,80-82,94-99,109H,6-41H2,1-5H3,(H,70,87)(H,71,88)(H,72,89)(H,73,90)(H,74,91)(H,75,92)(H,76,83)(H,77,84)(H,78,85)(H,79,93). The maximum atomic E-state index is 13.8. The third-order valence-corrected chi connectivity index (χ3v) is 17.7. The van der Waals surface area contributed by atoms with E-state index in [0.717, 1.165) is 0 Å². The Labute approximate surface area is 640 Å². The molecule has 3 aliphatic rings. The van der Waals surface area contributed by atoms with E-state index in [1.807, 2.05) is 0 Å². The van der Waals surface area contributed by atoms with Crippen LogP contribution in [0, 0.1) is 0 Å². The summed E-state index contributed by atoms with van der Waals surface area (Å²) in [4.78, 5) is 138. The number of ether oxygens (including phenoxy) is 9. The first-order valence-corrected chi connectivity index (χ1v) is 37.7. The molecule has 15 atom stereocenters. The molecule has 3 fully saturated rings. The zero-order chi connectivity index (χ0) is 80.9. The molecule has 15 unspecified atom stereocenters. The number of Topliss-reactive ketones (excluding diaryl/α,β-unsaturated/α-hetero) is 1. The van der Waals surface area contributed by atoms with Crippen LogP contribution in [0.1, 0.15) is 150 Å². The van der Waals surface area contributed by atoms with Crippen molar-refractivity contribution in [3.63, 3.8) is 0 Å². The Morgan fingerprint density at radius 2 is 0.615 bits per heavy atom. The fourth-order valence-electron chi connectivity index (χ4n) is 11.4. The quantitative estimate of drug-likeness (QED) is 0.0199. The average Bonchev–Trinajstić information content (AvgIpc) is 0.822. The van der Waals surface area contributed by atoms with Gasteiger partial charge in [-0.3, -0.25) is 52.7 Å². The van der Waals surface area contributed by atoms with Gasteiger partial charge < -0.3 is 142 Å². The molecule has 3 heterocycles. The summed E-state index contributed by atoms with van der Waals surface area (Å²) >= 11 is 4.35. The van der Waals surface area contributed by atoms with Crippen LogP contribution in [0.3, 0.4) is 0 Å². The highest BCUT2D eigenvalue weighted by Crippen LogP contribution is 2.26. The highest BCUT2D eigenvalue weighted by Gasteiger charge is 2.48. The summed E-state index contributed by atoms with van der Waals surface area (Å²) in [7, 11) is 0. The van der Waals surface area contributed by atoms with Crippen LogP contribution in [0.25, 0.3) is 0 Å². The molecule has 0 saturated carbocycles. The summed E-state index contributed by atoms with van der Waals surface area (Å²) in [6.07, 6.45) is -12.1. The van der Waals surface area contributed by atoms with Gasteiger partial charge >= 0.3 is 0 Å². The van der Waals surface area contributed by atoms with E-state index < -0.39 is 163 Å². The van der Waals surface area contributed by atoms with Gasteiger partial charge in [0.25, 0.3) is 0 Å². The number of hydrogen-bond acceptors (Lipinski definition) is 30. The minimum atomic E-state index is -1.50. The topological polar surface area (TPSA) is 573 Å². The smallest absolute Gasteiger partial charge is 0.222 e. The van der Waals surface area contributed by atoms with Gasteiger partial charge in [-0.15, -0.1) is 0 Å². The molecule has 0 bridgehead atoms. The van der Waals surface area contributed by atoms with Crippen LogP contribution in [-0.4, -0.2) is 332 Å². The van der Waals surface area contributed by atoms with E-state index in [-0.39, 0.29) is 180 Å². The van der Waals surface area contributed by atoms with Gasteiger partial charge in [0.05, 0.1) is 64.2 Å². The maximum Gasteiger partial charge on any atom is 0.222 e. The number of unbranched alkanes of at least 4 members (excludes halogenated alkanes) is 3. The molecule has 628 valence electrons. The minimum Gasteiger partial charge on any atom is -0.394 e. The third-order valence-electron chi connectivity index (χ3n) is 17.4. The summed E-state index contributed by atoms with van der Waals surface area (Å²) in [6.45, 7) is 5.25. The molecule has 3 saturated heterocycles. The number of ketones is 1. The van der Waals surface area contributed by atoms with Gasteiger partial charge in [0.15, 0.2) is 18.9 Å². The van der Waals surface area contributed by atoms with Crippen LogP contribution < -0.4 is 53.2 Å². The van der Waals surface area contributed by atoms with Crippen LogP contribution in [0.4, 0.5) is 0 Å². The van der Waals surface area contributed by atoms with E-state index in [2.05, 4.69) is 65.8 Å². The predicted octanol–water partition coefficient (Wildman–Crippen LogP) is -6.23. The minimum absolute atomic E-state index is 0.0378. The van der Waals surface area contributed by atoms with E-state index in [0.29, 0.717) is 57.8 Å². The molecule has 0 spiro atoms. The Balaban J connectivity index is 1.53. The lowest BCUT2D eigenvalue weighted by Crippen LogP contribution is -2.64. The largest absolute Gasteiger partial charge is 0.394 e. The van der Waals surface area contributed by atoms with E-state index >= 15 is 0 Å². The molecule has 39 nitrogen and oxygen atoms in total. The Hall–Kier alpha value is -6.00. The van der Waals surface area contributed by atoms with Crippen molar-refractivity contribution >= 4 is 77.5 Å². The summed E-state index contributed by atoms with van der Waals surface area (Å²) in [5.41, 5.74) is -1.50. The maximum absolute atomic E-state index is 13.8. The molecule has 0 aliphatic carbocycles.